The third-order valence-corrected chi connectivity index (χ3v) is 8.35. The molecule has 7 nitrogen and oxygen atoms in total. The van der Waals surface area contributed by atoms with Gasteiger partial charge in [-0.25, -0.2) is 14.2 Å². The molecular weight excluding hydrogens is 457 g/mol. The Balaban J connectivity index is 1.41. The van der Waals surface area contributed by atoms with Crippen molar-refractivity contribution in [3.63, 3.8) is 0 Å². The molecule has 0 bridgehead atoms. The molecule has 8 heteroatoms. The van der Waals surface area contributed by atoms with E-state index >= 15 is 4.39 Å². The highest BCUT2D eigenvalue weighted by Crippen LogP contribution is 2.38. The van der Waals surface area contributed by atoms with Gasteiger partial charge in [0, 0.05) is 62.1 Å². The fourth-order valence-electron chi connectivity index (χ4n) is 5.85. The second-order valence-electron chi connectivity index (χ2n) is 10.3. The maximum Gasteiger partial charge on any atom is 0.329 e. The molecule has 0 atom stereocenters. The largest absolute Gasteiger partial charge is 0.381 e. The summed E-state index contributed by atoms with van der Waals surface area (Å²) in [5.41, 5.74) is 3.18. The van der Waals surface area contributed by atoms with Gasteiger partial charge in [0.1, 0.15) is 11.6 Å². The first-order valence-corrected chi connectivity index (χ1v) is 12.9. The van der Waals surface area contributed by atoms with Crippen molar-refractivity contribution in [2.24, 2.45) is 13.0 Å². The Morgan fingerprint density at radius 3 is 2.56 bits per heavy atom. The van der Waals surface area contributed by atoms with Crippen molar-refractivity contribution in [2.45, 2.75) is 51.2 Å². The minimum absolute atomic E-state index is 0.0584. The van der Waals surface area contributed by atoms with Crippen LogP contribution in [0.2, 0.25) is 0 Å². The van der Waals surface area contributed by atoms with Crippen molar-refractivity contribution in [2.75, 3.05) is 25.1 Å². The lowest BCUT2D eigenvalue weighted by Gasteiger charge is -2.34. The number of ether oxygens (including phenoxy) is 1. The summed E-state index contributed by atoms with van der Waals surface area (Å²) in [6.45, 7) is 4.27. The fourth-order valence-corrected chi connectivity index (χ4v) is 5.85. The monoisotopic (exact) mass is 489 g/mol. The highest BCUT2D eigenvalue weighted by molar-refractivity contribution is 6.04. The van der Waals surface area contributed by atoms with Crippen LogP contribution in [0.15, 0.2) is 41.5 Å². The van der Waals surface area contributed by atoms with Crippen LogP contribution in [0.5, 0.6) is 0 Å². The summed E-state index contributed by atoms with van der Waals surface area (Å²) in [5, 5.41) is 0.771. The van der Waals surface area contributed by atoms with Gasteiger partial charge in [0.05, 0.1) is 28.9 Å². The summed E-state index contributed by atoms with van der Waals surface area (Å²) in [6, 6.07) is 7.28. The van der Waals surface area contributed by atoms with Gasteiger partial charge in [-0.05, 0) is 49.8 Å². The Kier molecular flexibility index (Phi) is 5.79. The molecule has 4 heterocycles. The number of benzene rings is 1. The van der Waals surface area contributed by atoms with Gasteiger partial charge in [-0.3, -0.25) is 14.1 Å². The highest BCUT2D eigenvalue weighted by atomic mass is 19.1. The Morgan fingerprint density at radius 1 is 1.11 bits per heavy atom. The number of piperidine rings is 1. The number of aryl methyl sites for hydroxylation is 1. The molecule has 1 aliphatic carbocycles. The number of nitrogens with zero attached hydrogens (tertiary/aromatic N) is 5. The molecule has 1 aliphatic heterocycles. The van der Waals surface area contributed by atoms with Gasteiger partial charge in [-0.1, -0.05) is 13.3 Å². The van der Waals surface area contributed by atoms with Crippen molar-refractivity contribution < 1.29 is 9.13 Å². The Hall–Kier alpha value is -3.26. The van der Waals surface area contributed by atoms with Crippen molar-refractivity contribution in [3.05, 3.63) is 53.0 Å². The minimum atomic E-state index is -0.347. The average Bonchev–Trinajstić information content (AvgIpc) is 3.13. The van der Waals surface area contributed by atoms with Crippen LogP contribution >= 0.6 is 0 Å². The molecule has 188 valence electrons. The number of hydrogen-bond donors (Lipinski definition) is 0. The van der Waals surface area contributed by atoms with E-state index in [9.17, 15) is 4.79 Å². The summed E-state index contributed by atoms with van der Waals surface area (Å²) in [6.07, 6.45) is 8.76. The summed E-state index contributed by atoms with van der Waals surface area (Å²) >= 11 is 0. The summed E-state index contributed by atoms with van der Waals surface area (Å²) in [7, 11) is 3.46. The summed E-state index contributed by atoms with van der Waals surface area (Å²) in [5.74, 6) is 1.39. The Morgan fingerprint density at radius 2 is 1.89 bits per heavy atom. The van der Waals surface area contributed by atoms with E-state index in [4.69, 9.17) is 4.74 Å². The molecule has 1 saturated heterocycles. The molecule has 0 radical (unpaired) electrons. The number of rotatable bonds is 5. The van der Waals surface area contributed by atoms with E-state index < -0.39 is 0 Å². The lowest BCUT2D eigenvalue weighted by molar-refractivity contribution is 0.00635. The van der Waals surface area contributed by atoms with Crippen molar-refractivity contribution >= 4 is 27.8 Å². The molecule has 3 aromatic heterocycles. The van der Waals surface area contributed by atoms with E-state index in [2.05, 4.69) is 21.8 Å². The van der Waals surface area contributed by atoms with Gasteiger partial charge in [-0.2, -0.15) is 0 Å². The molecule has 2 fully saturated rings. The fraction of sp³-hybridized carbons (Fsp3) is 0.464. The Bertz CT molecular complexity index is 1480. The zero-order valence-electron chi connectivity index (χ0n) is 21.1. The van der Waals surface area contributed by atoms with Crippen LogP contribution in [0.25, 0.3) is 33.1 Å². The molecule has 36 heavy (non-hydrogen) atoms. The van der Waals surface area contributed by atoms with E-state index in [1.165, 1.54) is 25.3 Å². The molecule has 0 unspecified atom stereocenters. The maximum atomic E-state index is 15.3. The number of anilines is 1. The first kappa shape index (κ1) is 23.2. The van der Waals surface area contributed by atoms with E-state index in [1.807, 2.05) is 22.8 Å². The quantitative estimate of drug-likeness (QED) is 0.392. The van der Waals surface area contributed by atoms with Crippen LogP contribution in [0.3, 0.4) is 0 Å². The molecule has 1 saturated carbocycles. The lowest BCUT2D eigenvalue weighted by Crippen LogP contribution is -2.37. The molecule has 6 rings (SSSR count). The molecule has 4 aromatic rings. The van der Waals surface area contributed by atoms with Crippen LogP contribution < -0.4 is 10.6 Å². The first-order valence-electron chi connectivity index (χ1n) is 12.9. The molecular formula is C28H32FN5O2. The van der Waals surface area contributed by atoms with Crippen LogP contribution in [0.4, 0.5) is 10.2 Å². The van der Waals surface area contributed by atoms with E-state index in [-0.39, 0.29) is 23.7 Å². The van der Waals surface area contributed by atoms with Crippen molar-refractivity contribution in [1.29, 1.82) is 0 Å². The van der Waals surface area contributed by atoms with E-state index in [0.717, 1.165) is 54.1 Å². The Labute approximate surface area is 209 Å². The SMILES string of the molecule is CCC1CCN(c2ccc(-c3cc4c(cc3F)ncc3c4n(C4CC(OC)C4)c(=O)n3C)cn2)CC1. The van der Waals surface area contributed by atoms with Gasteiger partial charge in [0.15, 0.2) is 0 Å². The number of fused-ring (bicyclic) bond motifs is 3. The van der Waals surface area contributed by atoms with Gasteiger partial charge in [0.2, 0.25) is 0 Å². The second kappa shape index (κ2) is 9.00. The summed E-state index contributed by atoms with van der Waals surface area (Å²) < 4.78 is 24.2. The van der Waals surface area contributed by atoms with Crippen LogP contribution in [-0.4, -0.2) is 45.4 Å². The molecule has 0 spiro atoms. The van der Waals surface area contributed by atoms with Crippen molar-refractivity contribution in [1.82, 2.24) is 19.1 Å². The smallest absolute Gasteiger partial charge is 0.329 e. The minimum Gasteiger partial charge on any atom is -0.381 e. The predicted molar refractivity (Wildman–Crippen MR) is 140 cm³/mol. The first-order chi connectivity index (χ1) is 17.5. The van der Waals surface area contributed by atoms with Gasteiger partial charge >= 0.3 is 5.69 Å². The standard InChI is InChI=1S/C28H32FN5O2/c1-4-17-7-9-33(10-8-17)26-6-5-18(15-31-26)21-13-22-24(14-23(21)29)30-16-25-27(22)34(28(35)32(25)2)19-11-20(12-19)36-3/h5-6,13-17,19-20H,4,7-12H2,1-3H3. The normalized spacial score (nSPS) is 20.8. The number of halogens is 1. The molecule has 0 N–H and O–H groups in total. The highest BCUT2D eigenvalue weighted by Gasteiger charge is 2.34. The zero-order valence-corrected chi connectivity index (χ0v) is 21.1. The van der Waals surface area contributed by atoms with Gasteiger partial charge < -0.3 is 9.64 Å². The molecule has 0 amide bonds. The second-order valence-corrected chi connectivity index (χ2v) is 10.3. The average molecular weight is 490 g/mol. The van der Waals surface area contributed by atoms with Crippen LogP contribution in [-0.2, 0) is 11.8 Å². The number of imidazole rings is 1. The number of pyridine rings is 2. The predicted octanol–water partition coefficient (Wildman–Crippen LogP) is 5.07. The third-order valence-electron chi connectivity index (χ3n) is 8.35. The number of hydrogen-bond acceptors (Lipinski definition) is 5. The number of aromatic nitrogens is 4. The van der Waals surface area contributed by atoms with Gasteiger partial charge in [-0.15, -0.1) is 0 Å². The van der Waals surface area contributed by atoms with E-state index in [0.29, 0.717) is 16.6 Å². The maximum absolute atomic E-state index is 15.3. The lowest BCUT2D eigenvalue weighted by atomic mass is 9.89. The van der Waals surface area contributed by atoms with Gasteiger partial charge in [0.25, 0.3) is 0 Å². The topological polar surface area (TPSA) is 65.2 Å². The van der Waals surface area contributed by atoms with E-state index in [1.54, 1.807) is 31.1 Å². The van der Waals surface area contributed by atoms with Crippen molar-refractivity contribution in [3.8, 4) is 11.1 Å². The van der Waals surface area contributed by atoms with Crippen LogP contribution in [0, 0.1) is 11.7 Å². The molecule has 1 aromatic carbocycles. The summed E-state index contributed by atoms with van der Waals surface area (Å²) in [4.78, 5) is 24.7. The number of methoxy groups -OCH3 is 1. The zero-order chi connectivity index (χ0) is 25.0. The molecule has 2 aliphatic rings. The van der Waals surface area contributed by atoms with Crippen LogP contribution in [0.1, 0.15) is 45.1 Å². The third kappa shape index (κ3) is 3.70.